The molecule has 2 N–H and O–H groups in total. The molecule has 1 heterocycles. The quantitative estimate of drug-likeness (QED) is 0.0875. The van der Waals surface area contributed by atoms with Gasteiger partial charge in [-0.3, -0.25) is 4.79 Å². The summed E-state index contributed by atoms with van der Waals surface area (Å²) in [5.74, 6) is -0.812. The SMILES string of the molecule is CCCCCCCCCCCCCC=CC=CC(=O)N[C@@H](Cc1cnc[nH]1)C(=O)OCc1ccccc1. The van der Waals surface area contributed by atoms with E-state index in [1.165, 1.54) is 76.7 Å². The minimum absolute atomic E-state index is 0.159. The second kappa shape index (κ2) is 20.0. The number of carbonyl (C=O) groups excluding carboxylic acids is 2. The second-order valence-corrected chi connectivity index (χ2v) is 9.55. The number of rotatable bonds is 20. The molecule has 0 spiro atoms. The number of aromatic amines is 1. The third kappa shape index (κ3) is 14.9. The summed E-state index contributed by atoms with van der Waals surface area (Å²) in [6, 6.07) is 8.67. The van der Waals surface area contributed by atoms with Crippen LogP contribution in [-0.4, -0.2) is 27.9 Å². The summed E-state index contributed by atoms with van der Waals surface area (Å²) in [4.78, 5) is 32.1. The molecule has 1 aromatic carbocycles. The van der Waals surface area contributed by atoms with E-state index in [-0.39, 0.29) is 18.9 Å². The standard InChI is InChI=1S/C31H45N3O3/c1-2-3-4-5-6-7-8-9-10-11-12-13-14-15-19-22-30(35)34-29(23-28-24-32-26-33-28)31(36)37-25-27-20-17-16-18-21-27/h14-22,24,26,29H,2-13,23,25H2,1H3,(H,32,33)(H,34,35)/t29-/m0/s1. The molecular weight excluding hydrogens is 462 g/mol. The van der Waals surface area contributed by atoms with Crippen LogP contribution in [0.4, 0.5) is 0 Å². The number of H-pyrrole nitrogens is 1. The Morgan fingerprint density at radius 3 is 2.27 bits per heavy atom. The number of imidazole rings is 1. The van der Waals surface area contributed by atoms with E-state index < -0.39 is 12.0 Å². The van der Waals surface area contributed by atoms with Crippen LogP contribution < -0.4 is 5.32 Å². The highest BCUT2D eigenvalue weighted by Crippen LogP contribution is 2.12. The van der Waals surface area contributed by atoms with Gasteiger partial charge in [0, 0.05) is 24.4 Å². The van der Waals surface area contributed by atoms with Gasteiger partial charge in [-0.25, -0.2) is 9.78 Å². The Kier molecular flexibility index (Phi) is 16.2. The first-order valence-corrected chi connectivity index (χ1v) is 14.0. The van der Waals surface area contributed by atoms with Crippen LogP contribution in [0.3, 0.4) is 0 Å². The highest BCUT2D eigenvalue weighted by atomic mass is 16.5. The minimum atomic E-state index is -0.804. The summed E-state index contributed by atoms with van der Waals surface area (Å²) in [7, 11) is 0. The third-order valence-electron chi connectivity index (χ3n) is 6.27. The van der Waals surface area contributed by atoms with Gasteiger partial charge in [-0.05, 0) is 18.4 Å². The molecular formula is C31H45N3O3. The Labute approximate surface area is 223 Å². The molecule has 0 saturated carbocycles. The Bertz CT molecular complexity index is 907. The molecule has 0 unspecified atom stereocenters. The molecule has 37 heavy (non-hydrogen) atoms. The van der Waals surface area contributed by atoms with Gasteiger partial charge < -0.3 is 15.0 Å². The topological polar surface area (TPSA) is 84.1 Å². The monoisotopic (exact) mass is 507 g/mol. The van der Waals surface area contributed by atoms with Gasteiger partial charge in [0.05, 0.1) is 6.33 Å². The third-order valence-corrected chi connectivity index (χ3v) is 6.27. The number of carbonyl (C=O) groups is 2. The minimum Gasteiger partial charge on any atom is -0.459 e. The molecule has 0 bridgehead atoms. The molecule has 0 aliphatic carbocycles. The Morgan fingerprint density at radius 2 is 1.62 bits per heavy atom. The van der Waals surface area contributed by atoms with Gasteiger partial charge in [-0.1, -0.05) is 120 Å². The van der Waals surface area contributed by atoms with Gasteiger partial charge in [0.1, 0.15) is 12.6 Å². The number of hydrogen-bond donors (Lipinski definition) is 2. The molecule has 0 aliphatic rings. The first-order valence-electron chi connectivity index (χ1n) is 14.0. The Morgan fingerprint density at radius 1 is 0.946 bits per heavy atom. The van der Waals surface area contributed by atoms with Crippen molar-refractivity contribution in [3.63, 3.8) is 0 Å². The molecule has 1 amide bonds. The first kappa shape index (κ1) is 30.1. The second-order valence-electron chi connectivity index (χ2n) is 9.55. The summed E-state index contributed by atoms with van der Waals surface area (Å²) < 4.78 is 5.44. The van der Waals surface area contributed by atoms with E-state index in [1.54, 1.807) is 18.6 Å². The summed E-state index contributed by atoms with van der Waals surface area (Å²) in [6.45, 7) is 2.42. The van der Waals surface area contributed by atoms with Crippen LogP contribution in [0.5, 0.6) is 0 Å². The van der Waals surface area contributed by atoms with Crippen molar-refractivity contribution in [1.82, 2.24) is 15.3 Å². The van der Waals surface area contributed by atoms with Crippen molar-refractivity contribution >= 4 is 11.9 Å². The lowest BCUT2D eigenvalue weighted by molar-refractivity contribution is -0.148. The fourth-order valence-electron chi connectivity index (χ4n) is 4.10. The van der Waals surface area contributed by atoms with Gasteiger partial charge in [-0.15, -0.1) is 0 Å². The average Bonchev–Trinajstić information content (AvgIpc) is 3.43. The van der Waals surface area contributed by atoms with Gasteiger partial charge in [-0.2, -0.15) is 0 Å². The lowest BCUT2D eigenvalue weighted by atomic mass is 10.1. The lowest BCUT2D eigenvalue weighted by Gasteiger charge is -2.16. The van der Waals surface area contributed by atoms with E-state index in [1.807, 2.05) is 36.4 Å². The highest BCUT2D eigenvalue weighted by Gasteiger charge is 2.22. The van der Waals surface area contributed by atoms with E-state index >= 15 is 0 Å². The van der Waals surface area contributed by atoms with E-state index in [4.69, 9.17) is 4.74 Å². The van der Waals surface area contributed by atoms with Gasteiger partial charge >= 0.3 is 5.97 Å². The number of ether oxygens (including phenoxy) is 1. The van der Waals surface area contributed by atoms with Crippen LogP contribution in [0.15, 0.2) is 67.2 Å². The molecule has 0 aliphatic heterocycles. The number of hydrogen-bond acceptors (Lipinski definition) is 4. The normalized spacial score (nSPS) is 12.2. The van der Waals surface area contributed by atoms with E-state index in [9.17, 15) is 9.59 Å². The highest BCUT2D eigenvalue weighted by molar-refractivity contribution is 5.91. The molecule has 1 atom stereocenters. The molecule has 6 heteroatoms. The summed E-state index contributed by atoms with van der Waals surface area (Å²) in [5.41, 5.74) is 1.64. The maximum Gasteiger partial charge on any atom is 0.329 e. The van der Waals surface area contributed by atoms with Crippen LogP contribution in [0.25, 0.3) is 0 Å². The zero-order chi connectivity index (χ0) is 26.4. The molecule has 1 aromatic heterocycles. The van der Waals surface area contributed by atoms with Gasteiger partial charge in [0.25, 0.3) is 0 Å². The van der Waals surface area contributed by atoms with Crippen molar-refractivity contribution in [2.75, 3.05) is 0 Å². The average molecular weight is 508 g/mol. The molecule has 0 fully saturated rings. The number of nitrogens with zero attached hydrogens (tertiary/aromatic N) is 1. The van der Waals surface area contributed by atoms with E-state index in [2.05, 4.69) is 28.3 Å². The number of unbranched alkanes of at least 4 members (excludes halogenated alkanes) is 11. The van der Waals surface area contributed by atoms with Crippen LogP contribution >= 0.6 is 0 Å². The number of allylic oxidation sites excluding steroid dienone is 3. The smallest absolute Gasteiger partial charge is 0.329 e. The van der Waals surface area contributed by atoms with Crippen LogP contribution in [0.1, 0.15) is 95.2 Å². The van der Waals surface area contributed by atoms with Gasteiger partial charge in [0.2, 0.25) is 5.91 Å². The molecule has 2 rings (SSSR count). The fourth-order valence-corrected chi connectivity index (χ4v) is 4.10. The van der Waals surface area contributed by atoms with Gasteiger partial charge in [0.15, 0.2) is 0 Å². The first-order chi connectivity index (χ1) is 18.2. The van der Waals surface area contributed by atoms with Crippen molar-refractivity contribution < 1.29 is 14.3 Å². The van der Waals surface area contributed by atoms with Crippen LogP contribution in [-0.2, 0) is 27.4 Å². The van der Waals surface area contributed by atoms with E-state index in [0.717, 1.165) is 17.7 Å². The number of nitrogens with one attached hydrogen (secondary N) is 2. The molecule has 202 valence electrons. The van der Waals surface area contributed by atoms with Crippen molar-refractivity contribution in [1.29, 1.82) is 0 Å². The zero-order valence-corrected chi connectivity index (χ0v) is 22.5. The Hall–Kier alpha value is -3.15. The van der Waals surface area contributed by atoms with Crippen molar-refractivity contribution in [3.8, 4) is 0 Å². The molecule has 2 aromatic rings. The maximum atomic E-state index is 12.7. The Balaban J connectivity index is 1.63. The molecule has 0 radical (unpaired) electrons. The predicted molar refractivity (Wildman–Crippen MR) is 150 cm³/mol. The summed E-state index contributed by atoms with van der Waals surface area (Å²) in [6.07, 6.45) is 26.3. The zero-order valence-electron chi connectivity index (χ0n) is 22.5. The lowest BCUT2D eigenvalue weighted by Crippen LogP contribution is -2.42. The predicted octanol–water partition coefficient (Wildman–Crippen LogP) is 6.99. The number of amides is 1. The van der Waals surface area contributed by atoms with Crippen molar-refractivity contribution in [2.45, 2.75) is 103 Å². The van der Waals surface area contributed by atoms with Crippen LogP contribution in [0, 0.1) is 0 Å². The largest absolute Gasteiger partial charge is 0.459 e. The van der Waals surface area contributed by atoms with E-state index in [0.29, 0.717) is 0 Å². The molecule has 0 saturated heterocycles. The summed E-state index contributed by atoms with van der Waals surface area (Å²) in [5, 5.41) is 2.76. The van der Waals surface area contributed by atoms with Crippen LogP contribution in [0.2, 0.25) is 0 Å². The fraction of sp³-hybridized carbons (Fsp3) is 0.516. The number of aromatic nitrogens is 2. The number of esters is 1. The van der Waals surface area contributed by atoms with Crippen molar-refractivity contribution in [3.05, 3.63) is 78.4 Å². The summed E-state index contributed by atoms with van der Waals surface area (Å²) >= 11 is 0. The van der Waals surface area contributed by atoms with Crippen molar-refractivity contribution in [2.24, 2.45) is 0 Å². The molecule has 6 nitrogen and oxygen atoms in total. The maximum absolute atomic E-state index is 12.7. The number of benzene rings is 1.